The number of thiol groups is 1. The second-order valence-electron chi connectivity index (χ2n) is 9.72. The standard InChI is InChI=1S/C11H22O4Si.C9H23NO3Si.C6H16O3SSi/c1-12-16(13-2,14-3)7-6-9-4-5-10-11(8-9)15-10;1-4-11-14(12-5-2,13-6-3)9-7-8-10;1-7-11(8-2,9-3)6-4-5-10/h9-11H,4-8H2,1-3H3;4-10H2,1-3H3;10H,4-6H2,1-3H3. The van der Waals surface area contributed by atoms with E-state index < -0.39 is 26.4 Å². The molecule has 0 amide bonds. The molecule has 15 heteroatoms. The van der Waals surface area contributed by atoms with Crippen molar-refractivity contribution in [2.75, 3.05) is 74.8 Å². The van der Waals surface area contributed by atoms with Gasteiger partial charge in [0.25, 0.3) is 0 Å². The van der Waals surface area contributed by atoms with E-state index in [1.165, 1.54) is 19.3 Å². The molecule has 2 N–H and O–H groups in total. The summed E-state index contributed by atoms with van der Waals surface area (Å²) in [5.74, 6) is 1.60. The number of nitrogens with two attached hydrogens (primary N) is 1. The van der Waals surface area contributed by atoms with Crippen LogP contribution in [0.15, 0.2) is 0 Å². The highest BCUT2D eigenvalue weighted by atomic mass is 32.1. The maximum absolute atomic E-state index is 5.65. The zero-order chi connectivity index (χ0) is 31.2. The minimum atomic E-state index is -2.40. The lowest BCUT2D eigenvalue weighted by Gasteiger charge is -2.28. The first-order valence-corrected chi connectivity index (χ1v) is 21.3. The number of ether oxygens (including phenoxy) is 1. The number of hydrogen-bond donors (Lipinski definition) is 2. The van der Waals surface area contributed by atoms with Crippen LogP contribution in [0, 0.1) is 5.92 Å². The van der Waals surface area contributed by atoms with Gasteiger partial charge in [-0.3, -0.25) is 0 Å². The fourth-order valence-corrected chi connectivity index (χ4v) is 11.5. The van der Waals surface area contributed by atoms with Gasteiger partial charge >= 0.3 is 26.4 Å². The zero-order valence-electron chi connectivity index (χ0n) is 27.2. The van der Waals surface area contributed by atoms with Crippen molar-refractivity contribution in [3.8, 4) is 0 Å². The van der Waals surface area contributed by atoms with Crippen LogP contribution in [0.1, 0.15) is 59.3 Å². The van der Waals surface area contributed by atoms with Crippen molar-refractivity contribution in [2.45, 2.75) is 89.6 Å². The van der Waals surface area contributed by atoms with Gasteiger partial charge in [-0.05, 0) is 77.5 Å². The number of hydrogen-bond acceptors (Lipinski definition) is 12. The molecule has 0 radical (unpaired) electrons. The molecule has 0 bridgehead atoms. The van der Waals surface area contributed by atoms with E-state index in [0.717, 1.165) is 49.1 Å². The summed E-state index contributed by atoms with van der Waals surface area (Å²) in [7, 11) is 2.88. The molecule has 2 rings (SSSR count). The highest BCUT2D eigenvalue weighted by Gasteiger charge is 2.45. The molecular weight excluding hydrogens is 603 g/mol. The molecule has 1 saturated heterocycles. The second kappa shape index (κ2) is 23.9. The second-order valence-corrected chi connectivity index (χ2v) is 19.1. The number of fused-ring (bicyclic) bond motifs is 1. The Morgan fingerprint density at radius 2 is 1.12 bits per heavy atom. The topological polar surface area (TPSA) is 122 Å². The fourth-order valence-electron chi connectivity index (χ4n) is 4.86. The van der Waals surface area contributed by atoms with E-state index in [-0.39, 0.29) is 0 Å². The van der Waals surface area contributed by atoms with Gasteiger partial charge in [0.2, 0.25) is 0 Å². The average Bonchev–Trinajstić information content (AvgIpc) is 3.78. The van der Waals surface area contributed by atoms with Crippen LogP contribution in [0.2, 0.25) is 18.1 Å². The van der Waals surface area contributed by atoms with E-state index in [1.54, 1.807) is 42.7 Å². The maximum Gasteiger partial charge on any atom is 0.500 e. The van der Waals surface area contributed by atoms with Crippen LogP contribution in [-0.2, 0) is 44.6 Å². The largest absolute Gasteiger partial charge is 0.500 e. The monoisotopic (exact) mass is 663 g/mol. The summed E-state index contributed by atoms with van der Waals surface area (Å²) in [5.41, 5.74) is 5.48. The van der Waals surface area contributed by atoms with Crippen LogP contribution in [0.25, 0.3) is 0 Å². The van der Waals surface area contributed by atoms with Crippen LogP contribution in [0.4, 0.5) is 0 Å². The van der Waals surface area contributed by atoms with Crippen molar-refractivity contribution in [2.24, 2.45) is 11.7 Å². The molecule has 1 aliphatic carbocycles. The summed E-state index contributed by atoms with van der Waals surface area (Å²) in [6, 6.07) is 2.57. The Morgan fingerprint density at radius 3 is 1.51 bits per heavy atom. The van der Waals surface area contributed by atoms with Gasteiger partial charge in [0, 0.05) is 80.6 Å². The van der Waals surface area contributed by atoms with Crippen molar-refractivity contribution < 1.29 is 44.6 Å². The van der Waals surface area contributed by atoms with Crippen LogP contribution in [0.5, 0.6) is 0 Å². The van der Waals surface area contributed by atoms with Gasteiger partial charge in [0.15, 0.2) is 0 Å². The van der Waals surface area contributed by atoms with E-state index in [2.05, 4.69) is 12.6 Å². The molecule has 3 atom stereocenters. The predicted octanol–water partition coefficient (Wildman–Crippen LogP) is 4.39. The third kappa shape index (κ3) is 15.9. The van der Waals surface area contributed by atoms with Crippen LogP contribution < -0.4 is 5.73 Å². The fraction of sp³-hybridized carbons (Fsp3) is 1.00. The highest BCUT2D eigenvalue weighted by molar-refractivity contribution is 7.80. The van der Waals surface area contributed by atoms with Gasteiger partial charge in [0.1, 0.15) is 0 Å². The summed E-state index contributed by atoms with van der Waals surface area (Å²) in [6.45, 7) is 8.44. The first-order chi connectivity index (χ1) is 19.7. The molecular formula is C26H61NO10SSi3. The Labute approximate surface area is 259 Å². The van der Waals surface area contributed by atoms with Gasteiger partial charge in [-0.15, -0.1) is 0 Å². The number of rotatable bonds is 21. The Morgan fingerprint density at radius 1 is 0.659 bits per heavy atom. The van der Waals surface area contributed by atoms with Gasteiger partial charge in [0.05, 0.1) is 12.2 Å². The number of epoxide rings is 1. The summed E-state index contributed by atoms with van der Waals surface area (Å²) < 4.78 is 54.4. The van der Waals surface area contributed by atoms with E-state index in [9.17, 15) is 0 Å². The minimum Gasteiger partial charge on any atom is -0.377 e. The Hall–Kier alpha value is 0.561. The van der Waals surface area contributed by atoms with Crippen molar-refractivity contribution in [3.63, 3.8) is 0 Å². The molecule has 2 fully saturated rings. The van der Waals surface area contributed by atoms with E-state index in [4.69, 9.17) is 50.3 Å². The lowest BCUT2D eigenvalue weighted by Crippen LogP contribution is -2.46. The Bertz CT molecular complexity index is 591. The third-order valence-electron chi connectivity index (χ3n) is 7.26. The molecule has 41 heavy (non-hydrogen) atoms. The lowest BCUT2D eigenvalue weighted by atomic mass is 9.88. The Kier molecular flexibility index (Phi) is 24.2. The zero-order valence-corrected chi connectivity index (χ0v) is 31.1. The van der Waals surface area contributed by atoms with E-state index in [0.29, 0.717) is 38.6 Å². The van der Waals surface area contributed by atoms with E-state index >= 15 is 0 Å². The molecule has 0 aromatic carbocycles. The molecule has 11 nitrogen and oxygen atoms in total. The lowest BCUT2D eigenvalue weighted by molar-refractivity contribution is 0.0709. The van der Waals surface area contributed by atoms with E-state index in [1.807, 2.05) is 20.8 Å². The SMILES string of the molecule is CCO[Si](CCCN)(OCC)OCC.CO[Si](CCC1CCC2OC2C1)(OC)OC.CO[Si](CCCS)(OC)OC. The molecule has 0 aromatic heterocycles. The summed E-state index contributed by atoms with van der Waals surface area (Å²) >= 11 is 4.10. The highest BCUT2D eigenvalue weighted by Crippen LogP contribution is 2.41. The average molecular weight is 664 g/mol. The first kappa shape index (κ1) is 41.6. The predicted molar refractivity (Wildman–Crippen MR) is 171 cm³/mol. The van der Waals surface area contributed by atoms with Crippen molar-refractivity contribution >= 4 is 39.0 Å². The summed E-state index contributed by atoms with van der Waals surface area (Å²) in [5, 5.41) is 0. The third-order valence-corrected chi connectivity index (χ3v) is 16.3. The van der Waals surface area contributed by atoms with Crippen LogP contribution in [-0.4, -0.2) is 113 Å². The summed E-state index contributed by atoms with van der Waals surface area (Å²) in [4.78, 5) is 0. The van der Waals surface area contributed by atoms with Crippen LogP contribution >= 0.6 is 12.6 Å². The van der Waals surface area contributed by atoms with Crippen molar-refractivity contribution in [1.82, 2.24) is 0 Å². The summed E-state index contributed by atoms with van der Waals surface area (Å²) in [6.07, 6.45) is 7.87. The molecule has 0 aromatic rings. The Balaban J connectivity index is 0.000000598. The molecule has 3 unspecified atom stereocenters. The quantitative estimate of drug-likeness (QED) is 0.103. The molecule has 1 aliphatic heterocycles. The van der Waals surface area contributed by atoms with Crippen molar-refractivity contribution in [1.29, 1.82) is 0 Å². The van der Waals surface area contributed by atoms with Gasteiger partial charge in [-0.1, -0.05) is 0 Å². The maximum atomic E-state index is 5.65. The van der Waals surface area contributed by atoms with Gasteiger partial charge in [-0.2, -0.15) is 12.6 Å². The molecule has 248 valence electrons. The normalized spacial score (nSPS) is 20.4. The molecule has 0 spiro atoms. The van der Waals surface area contributed by atoms with Crippen molar-refractivity contribution in [3.05, 3.63) is 0 Å². The molecule has 1 heterocycles. The van der Waals surface area contributed by atoms with Gasteiger partial charge < -0.3 is 50.3 Å². The first-order valence-electron chi connectivity index (χ1n) is 14.9. The molecule has 2 aliphatic rings. The molecule has 1 saturated carbocycles. The van der Waals surface area contributed by atoms with Crippen LogP contribution in [0.3, 0.4) is 0 Å². The smallest absolute Gasteiger partial charge is 0.377 e. The van der Waals surface area contributed by atoms with Gasteiger partial charge in [-0.25, -0.2) is 0 Å². The minimum absolute atomic E-state index is 0.558.